The van der Waals surface area contributed by atoms with E-state index in [9.17, 15) is 5.11 Å². The van der Waals surface area contributed by atoms with Crippen molar-refractivity contribution in [2.24, 2.45) is 0 Å². The minimum absolute atomic E-state index is 0.0634. The van der Waals surface area contributed by atoms with Gasteiger partial charge in [-0.15, -0.1) is 11.6 Å². The molecule has 4 heteroatoms. The first kappa shape index (κ1) is 15.3. The van der Waals surface area contributed by atoms with Gasteiger partial charge in [0.1, 0.15) is 11.5 Å². The van der Waals surface area contributed by atoms with Crippen molar-refractivity contribution in [3.05, 3.63) is 78.4 Å². The molecule has 0 saturated carbocycles. The Bertz CT molecular complexity index is 711. The van der Waals surface area contributed by atoms with E-state index in [0.29, 0.717) is 23.0 Å². The van der Waals surface area contributed by atoms with Gasteiger partial charge in [0.15, 0.2) is 11.5 Å². The molecule has 0 bridgehead atoms. The number of phenols is 1. The van der Waals surface area contributed by atoms with E-state index in [1.54, 1.807) is 12.1 Å². The molecule has 0 atom stereocenters. The lowest BCUT2D eigenvalue weighted by molar-refractivity contribution is 0.377. The number of hydrogen-bond acceptors (Lipinski definition) is 3. The number of benzene rings is 3. The highest BCUT2D eigenvalue weighted by Gasteiger charge is 2.14. The van der Waals surface area contributed by atoms with Gasteiger partial charge in [0, 0.05) is 5.88 Å². The summed E-state index contributed by atoms with van der Waals surface area (Å²) >= 11 is 5.94. The van der Waals surface area contributed by atoms with Crippen molar-refractivity contribution in [1.29, 1.82) is 0 Å². The van der Waals surface area contributed by atoms with Gasteiger partial charge in [0.2, 0.25) is 5.75 Å². The van der Waals surface area contributed by atoms with Crippen LogP contribution < -0.4 is 9.47 Å². The van der Waals surface area contributed by atoms with Gasteiger partial charge in [-0.05, 0) is 42.0 Å². The fourth-order valence-electron chi connectivity index (χ4n) is 2.10. The fourth-order valence-corrected chi connectivity index (χ4v) is 2.25. The molecule has 0 aromatic heterocycles. The number of ether oxygens (including phenoxy) is 2. The molecule has 116 valence electrons. The van der Waals surface area contributed by atoms with E-state index in [1.807, 2.05) is 60.7 Å². The van der Waals surface area contributed by atoms with Gasteiger partial charge in [-0.25, -0.2) is 0 Å². The van der Waals surface area contributed by atoms with Crippen LogP contribution in [0.1, 0.15) is 5.56 Å². The predicted molar refractivity (Wildman–Crippen MR) is 90.7 cm³/mol. The lowest BCUT2D eigenvalue weighted by Crippen LogP contribution is -1.91. The van der Waals surface area contributed by atoms with E-state index in [0.717, 1.165) is 5.56 Å². The number of phenolic OH excluding ortho intramolecular Hbond substituents is 1. The lowest BCUT2D eigenvalue weighted by Gasteiger charge is -2.14. The van der Waals surface area contributed by atoms with Gasteiger partial charge in [0.05, 0.1) is 0 Å². The van der Waals surface area contributed by atoms with E-state index in [1.165, 1.54) is 0 Å². The van der Waals surface area contributed by atoms with Gasteiger partial charge in [0.25, 0.3) is 0 Å². The topological polar surface area (TPSA) is 38.7 Å². The van der Waals surface area contributed by atoms with Gasteiger partial charge < -0.3 is 14.6 Å². The predicted octanol–water partition coefficient (Wildman–Crippen LogP) is 5.72. The second kappa shape index (κ2) is 7.07. The molecule has 0 spiro atoms. The number of hydrogen-bond donors (Lipinski definition) is 1. The maximum atomic E-state index is 10.4. The molecule has 0 amide bonds. The summed E-state index contributed by atoms with van der Waals surface area (Å²) < 4.78 is 11.5. The van der Waals surface area contributed by atoms with Crippen LogP contribution in [0.15, 0.2) is 72.8 Å². The van der Waals surface area contributed by atoms with Crippen LogP contribution in [0.3, 0.4) is 0 Å². The Kier molecular flexibility index (Phi) is 4.69. The first-order valence-corrected chi connectivity index (χ1v) is 7.67. The summed E-state index contributed by atoms with van der Waals surface area (Å²) in [6, 6.07) is 21.9. The Morgan fingerprint density at radius 2 is 1.17 bits per heavy atom. The van der Waals surface area contributed by atoms with Crippen molar-refractivity contribution in [3.63, 3.8) is 0 Å². The highest BCUT2D eigenvalue weighted by molar-refractivity contribution is 6.17. The summed E-state index contributed by atoms with van der Waals surface area (Å²) in [6.45, 7) is 0. The minimum atomic E-state index is -0.0634. The van der Waals surface area contributed by atoms with Crippen LogP contribution in [0.25, 0.3) is 0 Å². The molecule has 3 aromatic carbocycles. The SMILES string of the molecule is Oc1c(Oc2ccccc2)cc(CCl)cc1Oc1ccccc1. The number of rotatable bonds is 5. The largest absolute Gasteiger partial charge is 0.502 e. The standard InChI is InChI=1S/C19H15ClO3/c20-13-14-11-17(22-15-7-3-1-4-8-15)19(21)18(12-14)23-16-9-5-2-6-10-16/h1-12,21H,13H2. The zero-order valence-electron chi connectivity index (χ0n) is 12.3. The van der Waals surface area contributed by atoms with E-state index in [-0.39, 0.29) is 11.6 Å². The second-order valence-corrected chi connectivity index (χ2v) is 5.17. The first-order chi connectivity index (χ1) is 11.3. The van der Waals surface area contributed by atoms with Crippen LogP contribution in [0.5, 0.6) is 28.7 Å². The minimum Gasteiger partial charge on any atom is -0.502 e. The number of para-hydroxylation sites is 2. The third-order valence-electron chi connectivity index (χ3n) is 3.20. The van der Waals surface area contributed by atoms with Crippen LogP contribution in [0, 0.1) is 0 Å². The van der Waals surface area contributed by atoms with Crippen LogP contribution in [0.4, 0.5) is 0 Å². The van der Waals surface area contributed by atoms with Crippen LogP contribution in [-0.4, -0.2) is 5.11 Å². The summed E-state index contributed by atoms with van der Waals surface area (Å²) in [5, 5.41) is 10.4. The summed E-state index contributed by atoms with van der Waals surface area (Å²) in [4.78, 5) is 0. The number of aromatic hydroxyl groups is 1. The average Bonchev–Trinajstić information content (AvgIpc) is 2.60. The van der Waals surface area contributed by atoms with E-state index < -0.39 is 0 Å². The molecule has 0 aliphatic heterocycles. The molecule has 0 heterocycles. The van der Waals surface area contributed by atoms with Gasteiger partial charge in [-0.2, -0.15) is 0 Å². The summed E-state index contributed by atoms with van der Waals surface area (Å²) in [6.07, 6.45) is 0. The van der Waals surface area contributed by atoms with Gasteiger partial charge in [-0.1, -0.05) is 36.4 Å². The molecule has 0 radical (unpaired) electrons. The van der Waals surface area contributed by atoms with Crippen molar-refractivity contribution < 1.29 is 14.6 Å². The Labute approximate surface area is 139 Å². The Morgan fingerprint density at radius 1 is 0.739 bits per heavy atom. The summed E-state index contributed by atoms with van der Waals surface area (Å²) in [5.74, 6) is 2.09. The van der Waals surface area contributed by atoms with Gasteiger partial charge in [-0.3, -0.25) is 0 Å². The van der Waals surface area contributed by atoms with Crippen molar-refractivity contribution in [2.75, 3.05) is 0 Å². The fraction of sp³-hybridized carbons (Fsp3) is 0.0526. The number of alkyl halides is 1. The molecule has 3 nitrogen and oxygen atoms in total. The highest BCUT2D eigenvalue weighted by Crippen LogP contribution is 2.42. The molecule has 0 fully saturated rings. The molecule has 23 heavy (non-hydrogen) atoms. The van der Waals surface area contributed by atoms with Crippen LogP contribution in [-0.2, 0) is 5.88 Å². The maximum absolute atomic E-state index is 10.4. The van der Waals surface area contributed by atoms with Crippen molar-refractivity contribution in [2.45, 2.75) is 5.88 Å². The second-order valence-electron chi connectivity index (χ2n) is 4.90. The Hall–Kier alpha value is -2.65. The molecule has 0 aliphatic carbocycles. The van der Waals surface area contributed by atoms with E-state index >= 15 is 0 Å². The zero-order valence-corrected chi connectivity index (χ0v) is 13.0. The number of halogens is 1. The van der Waals surface area contributed by atoms with Crippen LogP contribution >= 0.6 is 11.6 Å². The quantitative estimate of drug-likeness (QED) is 0.610. The van der Waals surface area contributed by atoms with Crippen LogP contribution in [0.2, 0.25) is 0 Å². The molecular weight excluding hydrogens is 312 g/mol. The maximum Gasteiger partial charge on any atom is 0.202 e. The molecule has 3 aromatic rings. The van der Waals surface area contributed by atoms with Crippen molar-refractivity contribution >= 4 is 11.6 Å². The van der Waals surface area contributed by atoms with E-state index in [4.69, 9.17) is 21.1 Å². The average molecular weight is 327 g/mol. The molecule has 3 rings (SSSR count). The zero-order chi connectivity index (χ0) is 16.1. The normalized spacial score (nSPS) is 10.3. The molecule has 0 unspecified atom stereocenters. The molecular formula is C19H15ClO3. The molecule has 1 N–H and O–H groups in total. The smallest absolute Gasteiger partial charge is 0.202 e. The third kappa shape index (κ3) is 3.76. The van der Waals surface area contributed by atoms with Crippen molar-refractivity contribution in [3.8, 4) is 28.7 Å². The Morgan fingerprint density at radius 3 is 1.57 bits per heavy atom. The van der Waals surface area contributed by atoms with E-state index in [2.05, 4.69) is 0 Å². The molecule has 0 saturated heterocycles. The first-order valence-electron chi connectivity index (χ1n) is 7.14. The van der Waals surface area contributed by atoms with Gasteiger partial charge >= 0.3 is 0 Å². The summed E-state index contributed by atoms with van der Waals surface area (Å²) in [7, 11) is 0. The lowest BCUT2D eigenvalue weighted by atomic mass is 10.2. The Balaban J connectivity index is 1.95. The highest BCUT2D eigenvalue weighted by atomic mass is 35.5. The van der Waals surface area contributed by atoms with Crippen molar-refractivity contribution in [1.82, 2.24) is 0 Å². The molecule has 0 aliphatic rings. The summed E-state index contributed by atoms with van der Waals surface area (Å²) in [5.41, 5.74) is 0.793. The monoisotopic (exact) mass is 326 g/mol. The third-order valence-corrected chi connectivity index (χ3v) is 3.50.